The standard InChI is InChI=1S/C16H15ClO/c1-16(12-18,14-7-3-2-4-8-14)11-13-6-5-9-15(17)10-13/h2-10,12H,11H2,1H3. The molecule has 0 aliphatic carbocycles. The highest BCUT2D eigenvalue weighted by Crippen LogP contribution is 2.27. The fourth-order valence-electron chi connectivity index (χ4n) is 2.10. The molecule has 2 aromatic rings. The van der Waals surface area contributed by atoms with Crippen LogP contribution in [-0.4, -0.2) is 6.29 Å². The van der Waals surface area contributed by atoms with Gasteiger partial charge in [0.1, 0.15) is 6.29 Å². The van der Waals surface area contributed by atoms with Crippen LogP contribution < -0.4 is 0 Å². The first-order chi connectivity index (χ1) is 8.64. The predicted molar refractivity (Wildman–Crippen MR) is 75.0 cm³/mol. The summed E-state index contributed by atoms with van der Waals surface area (Å²) in [6, 6.07) is 17.5. The SMILES string of the molecule is CC(C=O)(Cc1cccc(Cl)c1)c1ccccc1. The van der Waals surface area contributed by atoms with E-state index >= 15 is 0 Å². The molecule has 2 heteroatoms. The van der Waals surface area contributed by atoms with Crippen LogP contribution in [-0.2, 0) is 16.6 Å². The number of hydrogen-bond acceptors (Lipinski definition) is 1. The maximum Gasteiger partial charge on any atom is 0.130 e. The van der Waals surface area contributed by atoms with Crippen molar-refractivity contribution in [3.8, 4) is 0 Å². The first-order valence-electron chi connectivity index (χ1n) is 5.90. The van der Waals surface area contributed by atoms with Crippen LogP contribution >= 0.6 is 11.6 Å². The summed E-state index contributed by atoms with van der Waals surface area (Å²) in [5.41, 5.74) is 1.59. The third-order valence-corrected chi connectivity index (χ3v) is 3.39. The third-order valence-electron chi connectivity index (χ3n) is 3.15. The highest BCUT2D eigenvalue weighted by atomic mass is 35.5. The molecule has 0 N–H and O–H groups in total. The van der Waals surface area contributed by atoms with Crippen LogP contribution in [0.15, 0.2) is 54.6 Å². The highest BCUT2D eigenvalue weighted by Gasteiger charge is 2.26. The molecule has 1 unspecified atom stereocenters. The van der Waals surface area contributed by atoms with E-state index in [1.807, 2.05) is 61.5 Å². The molecule has 0 aromatic heterocycles. The minimum Gasteiger partial charge on any atom is -0.302 e. The van der Waals surface area contributed by atoms with Gasteiger partial charge in [-0.2, -0.15) is 0 Å². The van der Waals surface area contributed by atoms with E-state index < -0.39 is 5.41 Å². The molecule has 18 heavy (non-hydrogen) atoms. The lowest BCUT2D eigenvalue weighted by atomic mass is 9.79. The molecular weight excluding hydrogens is 244 g/mol. The van der Waals surface area contributed by atoms with Gasteiger partial charge in [-0.15, -0.1) is 0 Å². The van der Waals surface area contributed by atoms with Crippen LogP contribution in [0.25, 0.3) is 0 Å². The quantitative estimate of drug-likeness (QED) is 0.757. The average Bonchev–Trinajstić information content (AvgIpc) is 2.39. The van der Waals surface area contributed by atoms with E-state index in [0.717, 1.165) is 17.4 Å². The number of benzene rings is 2. The second-order valence-corrected chi connectivity index (χ2v) is 5.14. The number of rotatable bonds is 4. The summed E-state index contributed by atoms with van der Waals surface area (Å²) in [7, 11) is 0. The van der Waals surface area contributed by atoms with E-state index in [2.05, 4.69) is 0 Å². The van der Waals surface area contributed by atoms with Crippen LogP contribution in [0, 0.1) is 0 Å². The van der Waals surface area contributed by atoms with Gasteiger partial charge in [-0.05, 0) is 36.6 Å². The lowest BCUT2D eigenvalue weighted by Gasteiger charge is -2.23. The summed E-state index contributed by atoms with van der Waals surface area (Å²) in [5, 5.41) is 0.703. The van der Waals surface area contributed by atoms with Crippen molar-refractivity contribution in [1.82, 2.24) is 0 Å². The topological polar surface area (TPSA) is 17.1 Å². The maximum atomic E-state index is 11.5. The van der Waals surface area contributed by atoms with Gasteiger partial charge >= 0.3 is 0 Å². The maximum absolute atomic E-state index is 11.5. The molecule has 1 atom stereocenters. The molecule has 2 rings (SSSR count). The fraction of sp³-hybridized carbons (Fsp3) is 0.188. The normalized spacial score (nSPS) is 13.9. The molecular formula is C16H15ClO. The van der Waals surface area contributed by atoms with E-state index in [0.29, 0.717) is 11.4 Å². The van der Waals surface area contributed by atoms with E-state index in [1.165, 1.54) is 0 Å². The molecule has 1 nitrogen and oxygen atoms in total. The average molecular weight is 259 g/mol. The van der Waals surface area contributed by atoms with Gasteiger partial charge in [0.15, 0.2) is 0 Å². The predicted octanol–water partition coefficient (Wildman–Crippen LogP) is 4.04. The van der Waals surface area contributed by atoms with Crippen LogP contribution in [0.4, 0.5) is 0 Å². The van der Waals surface area contributed by atoms with Crippen LogP contribution in [0.5, 0.6) is 0 Å². The first-order valence-corrected chi connectivity index (χ1v) is 6.28. The summed E-state index contributed by atoms with van der Waals surface area (Å²) < 4.78 is 0. The van der Waals surface area contributed by atoms with Crippen molar-refractivity contribution in [2.24, 2.45) is 0 Å². The van der Waals surface area contributed by atoms with Crippen molar-refractivity contribution in [3.63, 3.8) is 0 Å². The summed E-state index contributed by atoms with van der Waals surface area (Å²) in [5.74, 6) is 0. The van der Waals surface area contributed by atoms with E-state index in [9.17, 15) is 4.79 Å². The molecule has 92 valence electrons. The van der Waals surface area contributed by atoms with Crippen molar-refractivity contribution in [1.29, 1.82) is 0 Å². The molecule has 0 amide bonds. The van der Waals surface area contributed by atoms with Crippen LogP contribution in [0.2, 0.25) is 5.02 Å². The molecule has 2 aromatic carbocycles. The Morgan fingerprint density at radius 3 is 2.44 bits per heavy atom. The number of hydrogen-bond donors (Lipinski definition) is 0. The Balaban J connectivity index is 2.32. The monoisotopic (exact) mass is 258 g/mol. The Bertz CT molecular complexity index is 536. The largest absolute Gasteiger partial charge is 0.302 e. The first kappa shape index (κ1) is 12.8. The van der Waals surface area contributed by atoms with Crippen LogP contribution in [0.1, 0.15) is 18.1 Å². The van der Waals surface area contributed by atoms with Crippen molar-refractivity contribution in [2.75, 3.05) is 0 Å². The van der Waals surface area contributed by atoms with Crippen molar-refractivity contribution >= 4 is 17.9 Å². The number of carbonyl (C=O) groups is 1. The van der Waals surface area contributed by atoms with Gasteiger partial charge in [0.2, 0.25) is 0 Å². The van der Waals surface area contributed by atoms with Gasteiger partial charge in [0, 0.05) is 5.02 Å². The second kappa shape index (κ2) is 5.36. The summed E-state index contributed by atoms with van der Waals surface area (Å²) in [6.07, 6.45) is 1.67. The lowest BCUT2D eigenvalue weighted by Crippen LogP contribution is -2.26. The molecule has 0 spiro atoms. The number of aldehydes is 1. The summed E-state index contributed by atoms with van der Waals surface area (Å²) in [4.78, 5) is 11.5. The molecule has 0 saturated carbocycles. The van der Waals surface area contributed by atoms with Crippen LogP contribution in [0.3, 0.4) is 0 Å². The lowest BCUT2D eigenvalue weighted by molar-refractivity contribution is -0.112. The van der Waals surface area contributed by atoms with Gasteiger partial charge in [-0.1, -0.05) is 54.1 Å². The Morgan fingerprint density at radius 2 is 1.83 bits per heavy atom. The molecule has 0 bridgehead atoms. The highest BCUT2D eigenvalue weighted by molar-refractivity contribution is 6.30. The number of halogens is 1. The molecule has 0 aliphatic rings. The van der Waals surface area contributed by atoms with E-state index in [-0.39, 0.29) is 0 Å². The fourth-order valence-corrected chi connectivity index (χ4v) is 2.31. The van der Waals surface area contributed by atoms with Crippen molar-refractivity contribution in [2.45, 2.75) is 18.8 Å². The molecule has 0 radical (unpaired) electrons. The van der Waals surface area contributed by atoms with Gasteiger partial charge in [0.05, 0.1) is 5.41 Å². The summed E-state index contributed by atoms with van der Waals surface area (Å²) in [6.45, 7) is 1.95. The number of carbonyl (C=O) groups excluding carboxylic acids is 1. The molecule has 0 aliphatic heterocycles. The Labute approximate surface area is 112 Å². The van der Waals surface area contributed by atoms with Crippen molar-refractivity contribution < 1.29 is 4.79 Å². The van der Waals surface area contributed by atoms with Gasteiger partial charge in [-0.25, -0.2) is 0 Å². The Morgan fingerprint density at radius 1 is 1.11 bits per heavy atom. The minimum atomic E-state index is -0.508. The summed E-state index contributed by atoms with van der Waals surface area (Å²) >= 11 is 5.97. The van der Waals surface area contributed by atoms with E-state index in [4.69, 9.17) is 11.6 Å². The van der Waals surface area contributed by atoms with E-state index in [1.54, 1.807) is 0 Å². The minimum absolute atomic E-state index is 0.508. The third kappa shape index (κ3) is 2.80. The van der Waals surface area contributed by atoms with Gasteiger partial charge < -0.3 is 4.79 Å². The Hall–Kier alpha value is -1.60. The smallest absolute Gasteiger partial charge is 0.130 e. The van der Waals surface area contributed by atoms with Gasteiger partial charge in [-0.3, -0.25) is 0 Å². The molecule has 0 heterocycles. The second-order valence-electron chi connectivity index (χ2n) is 4.71. The van der Waals surface area contributed by atoms with Gasteiger partial charge in [0.25, 0.3) is 0 Å². The Kier molecular flexibility index (Phi) is 3.83. The van der Waals surface area contributed by atoms with Crippen molar-refractivity contribution in [3.05, 3.63) is 70.7 Å². The molecule has 0 fully saturated rings. The molecule has 0 saturated heterocycles. The zero-order chi connectivity index (χ0) is 13.0. The zero-order valence-corrected chi connectivity index (χ0v) is 11.0. The zero-order valence-electron chi connectivity index (χ0n) is 10.3.